The first kappa shape index (κ1) is 14.7. The highest BCUT2D eigenvalue weighted by Gasteiger charge is 2.13. The van der Waals surface area contributed by atoms with Crippen LogP contribution in [0.1, 0.15) is 19.2 Å². The van der Waals surface area contributed by atoms with Crippen molar-refractivity contribution in [3.05, 3.63) is 12.0 Å². The summed E-state index contributed by atoms with van der Waals surface area (Å²) >= 11 is 0. The summed E-state index contributed by atoms with van der Waals surface area (Å²) in [5, 5.41) is 17.3. The molecule has 2 rings (SSSR count). The van der Waals surface area contributed by atoms with Crippen LogP contribution >= 0.6 is 0 Å². The van der Waals surface area contributed by atoms with Gasteiger partial charge >= 0.3 is 0 Å². The molecule has 0 bridgehead atoms. The predicted molar refractivity (Wildman–Crippen MR) is 78.5 cm³/mol. The lowest BCUT2D eigenvalue weighted by Crippen LogP contribution is -2.28. The first-order valence-electron chi connectivity index (χ1n) is 6.89. The first-order valence-corrected chi connectivity index (χ1v) is 6.89. The molecule has 0 aromatic carbocycles. The van der Waals surface area contributed by atoms with E-state index in [4.69, 9.17) is 5.11 Å². The molecule has 2 heterocycles. The monoisotopic (exact) mass is 278 g/mol. The first-order chi connectivity index (χ1) is 9.69. The number of anilines is 1. The maximum absolute atomic E-state index is 9.12. The maximum Gasteiger partial charge on any atom is 0.163 e. The summed E-state index contributed by atoms with van der Waals surface area (Å²) in [6, 6.07) is 0. The van der Waals surface area contributed by atoms with E-state index in [0.717, 1.165) is 35.6 Å². The number of aliphatic hydroxyl groups excluding tert-OH is 1. The van der Waals surface area contributed by atoms with E-state index < -0.39 is 0 Å². The lowest BCUT2D eigenvalue weighted by molar-refractivity contribution is 0.187. The van der Waals surface area contributed by atoms with Crippen molar-refractivity contribution in [3.63, 3.8) is 0 Å². The maximum atomic E-state index is 9.12. The Morgan fingerprint density at radius 3 is 2.80 bits per heavy atom. The zero-order chi connectivity index (χ0) is 14.5. The fourth-order valence-electron chi connectivity index (χ4n) is 2.26. The molecule has 20 heavy (non-hydrogen) atoms. The van der Waals surface area contributed by atoms with E-state index in [2.05, 4.69) is 32.2 Å². The molecule has 0 fully saturated rings. The van der Waals surface area contributed by atoms with Gasteiger partial charge in [-0.1, -0.05) is 6.92 Å². The molecule has 0 saturated heterocycles. The van der Waals surface area contributed by atoms with Crippen LogP contribution in [0.5, 0.6) is 0 Å². The second-order valence-corrected chi connectivity index (χ2v) is 4.74. The van der Waals surface area contributed by atoms with Gasteiger partial charge in [-0.25, -0.2) is 9.97 Å². The van der Waals surface area contributed by atoms with E-state index >= 15 is 0 Å². The van der Waals surface area contributed by atoms with Gasteiger partial charge in [-0.2, -0.15) is 5.10 Å². The SMILES string of the molecule is CCCN(CCO)Cc1nc(NC)c2cnn(C)c2n1. The minimum atomic E-state index is 0.146. The summed E-state index contributed by atoms with van der Waals surface area (Å²) in [5.74, 6) is 1.53. The number of aryl methyl sites for hydroxylation is 1. The van der Waals surface area contributed by atoms with Crippen LogP contribution in [-0.4, -0.2) is 56.5 Å². The number of hydrogen-bond acceptors (Lipinski definition) is 6. The Bertz CT molecular complexity index is 561. The number of nitrogens with one attached hydrogen (secondary N) is 1. The molecule has 0 radical (unpaired) electrons. The van der Waals surface area contributed by atoms with Gasteiger partial charge in [-0.05, 0) is 13.0 Å². The second kappa shape index (κ2) is 6.62. The van der Waals surface area contributed by atoms with E-state index in [0.29, 0.717) is 13.1 Å². The van der Waals surface area contributed by atoms with Gasteiger partial charge in [0.2, 0.25) is 0 Å². The normalized spacial score (nSPS) is 11.4. The number of aromatic nitrogens is 4. The van der Waals surface area contributed by atoms with Gasteiger partial charge in [-0.3, -0.25) is 9.58 Å². The quantitative estimate of drug-likeness (QED) is 0.772. The molecule has 0 aliphatic rings. The van der Waals surface area contributed by atoms with Crippen molar-refractivity contribution in [1.82, 2.24) is 24.6 Å². The third kappa shape index (κ3) is 3.05. The van der Waals surface area contributed by atoms with Gasteiger partial charge in [0, 0.05) is 20.6 Å². The van der Waals surface area contributed by atoms with Crippen LogP contribution in [0, 0.1) is 0 Å². The van der Waals surface area contributed by atoms with E-state index in [1.807, 2.05) is 14.1 Å². The Labute approximate surface area is 118 Å². The third-order valence-electron chi connectivity index (χ3n) is 3.20. The van der Waals surface area contributed by atoms with Crippen molar-refractivity contribution in [2.24, 2.45) is 7.05 Å². The van der Waals surface area contributed by atoms with Gasteiger partial charge in [0.25, 0.3) is 0 Å². The fraction of sp³-hybridized carbons (Fsp3) is 0.615. The van der Waals surface area contributed by atoms with E-state index in [9.17, 15) is 0 Å². The number of hydrogen-bond donors (Lipinski definition) is 2. The average Bonchev–Trinajstić information content (AvgIpc) is 2.80. The molecule has 110 valence electrons. The van der Waals surface area contributed by atoms with Crippen LogP contribution in [0.3, 0.4) is 0 Å². The zero-order valence-corrected chi connectivity index (χ0v) is 12.3. The van der Waals surface area contributed by atoms with Crippen LogP contribution in [0.15, 0.2) is 6.20 Å². The highest BCUT2D eigenvalue weighted by molar-refractivity contribution is 5.86. The highest BCUT2D eigenvalue weighted by Crippen LogP contribution is 2.19. The molecule has 0 aliphatic heterocycles. The van der Waals surface area contributed by atoms with Crippen molar-refractivity contribution in [2.75, 3.05) is 32.1 Å². The zero-order valence-electron chi connectivity index (χ0n) is 12.3. The van der Waals surface area contributed by atoms with Crippen molar-refractivity contribution in [1.29, 1.82) is 0 Å². The molecule has 7 heteroatoms. The minimum Gasteiger partial charge on any atom is -0.395 e. The van der Waals surface area contributed by atoms with Crippen molar-refractivity contribution < 1.29 is 5.11 Å². The molecule has 0 amide bonds. The van der Waals surface area contributed by atoms with E-state index in [1.54, 1.807) is 10.9 Å². The molecule has 0 saturated carbocycles. The predicted octanol–water partition coefficient (Wildman–Crippen LogP) is 0.609. The van der Waals surface area contributed by atoms with Gasteiger partial charge in [-0.15, -0.1) is 0 Å². The summed E-state index contributed by atoms with van der Waals surface area (Å²) < 4.78 is 1.75. The lowest BCUT2D eigenvalue weighted by atomic mass is 10.3. The molecule has 2 aromatic heterocycles. The summed E-state index contributed by atoms with van der Waals surface area (Å²) in [5.41, 5.74) is 0.819. The summed E-state index contributed by atoms with van der Waals surface area (Å²) in [6.45, 7) is 4.45. The molecule has 0 aliphatic carbocycles. The number of rotatable bonds is 7. The summed E-state index contributed by atoms with van der Waals surface area (Å²) in [7, 11) is 3.71. The molecule has 7 nitrogen and oxygen atoms in total. The third-order valence-corrected chi connectivity index (χ3v) is 3.20. The highest BCUT2D eigenvalue weighted by atomic mass is 16.3. The molecule has 0 spiro atoms. The molecule has 0 atom stereocenters. The summed E-state index contributed by atoms with van der Waals surface area (Å²) in [4.78, 5) is 11.3. The molecule has 2 aromatic rings. The topological polar surface area (TPSA) is 79.1 Å². The largest absolute Gasteiger partial charge is 0.395 e. The lowest BCUT2D eigenvalue weighted by Gasteiger charge is -2.19. The van der Waals surface area contributed by atoms with Crippen molar-refractivity contribution in [3.8, 4) is 0 Å². The van der Waals surface area contributed by atoms with Crippen molar-refractivity contribution in [2.45, 2.75) is 19.9 Å². The standard InChI is InChI=1S/C13H22N6O/c1-4-5-19(6-7-20)9-11-16-12(14-2)10-8-15-18(3)13(10)17-11/h8,20H,4-7,9H2,1-3H3,(H,14,16,17). The van der Waals surface area contributed by atoms with Gasteiger partial charge in [0.1, 0.15) is 11.6 Å². The van der Waals surface area contributed by atoms with Crippen LogP contribution < -0.4 is 5.32 Å². The molecular formula is C13H22N6O. The van der Waals surface area contributed by atoms with E-state index in [-0.39, 0.29) is 6.61 Å². The number of nitrogens with zero attached hydrogens (tertiary/aromatic N) is 5. The summed E-state index contributed by atoms with van der Waals surface area (Å²) in [6.07, 6.45) is 2.80. The van der Waals surface area contributed by atoms with Gasteiger partial charge in [0.15, 0.2) is 5.65 Å². The molecule has 2 N–H and O–H groups in total. The Morgan fingerprint density at radius 2 is 2.15 bits per heavy atom. The molecule has 0 unspecified atom stereocenters. The number of fused-ring (bicyclic) bond motifs is 1. The van der Waals surface area contributed by atoms with Crippen LogP contribution in [0.2, 0.25) is 0 Å². The molecular weight excluding hydrogens is 256 g/mol. The van der Waals surface area contributed by atoms with Crippen LogP contribution in [0.4, 0.5) is 5.82 Å². The smallest absolute Gasteiger partial charge is 0.163 e. The van der Waals surface area contributed by atoms with Gasteiger partial charge in [0.05, 0.1) is 24.7 Å². The van der Waals surface area contributed by atoms with Crippen LogP contribution in [-0.2, 0) is 13.6 Å². The average molecular weight is 278 g/mol. The Hall–Kier alpha value is -1.73. The van der Waals surface area contributed by atoms with E-state index in [1.165, 1.54) is 0 Å². The van der Waals surface area contributed by atoms with Crippen molar-refractivity contribution >= 4 is 16.9 Å². The van der Waals surface area contributed by atoms with Gasteiger partial charge < -0.3 is 10.4 Å². The number of aliphatic hydroxyl groups is 1. The Kier molecular flexibility index (Phi) is 4.86. The fourth-order valence-corrected chi connectivity index (χ4v) is 2.26. The van der Waals surface area contributed by atoms with Crippen LogP contribution in [0.25, 0.3) is 11.0 Å². The Morgan fingerprint density at radius 1 is 1.35 bits per heavy atom. The Balaban J connectivity index is 2.31. The second-order valence-electron chi connectivity index (χ2n) is 4.74. The minimum absolute atomic E-state index is 0.146.